The fourth-order valence-electron chi connectivity index (χ4n) is 7.25. The lowest BCUT2D eigenvalue weighted by atomic mass is 9.70. The van der Waals surface area contributed by atoms with Crippen molar-refractivity contribution in [2.75, 3.05) is 0 Å². The van der Waals surface area contributed by atoms with Crippen molar-refractivity contribution in [1.29, 1.82) is 0 Å². The van der Waals surface area contributed by atoms with E-state index < -0.39 is 5.41 Å². The fraction of sp³-hybridized carbons (Fsp3) is 0.0286. The maximum atomic E-state index is 6.75. The van der Waals surface area contributed by atoms with E-state index in [0.717, 1.165) is 30.9 Å². The Morgan fingerprint density at radius 2 is 1.05 bits per heavy atom. The second-order valence-electron chi connectivity index (χ2n) is 10.3. The fourth-order valence-corrected chi connectivity index (χ4v) is 8.45. The van der Waals surface area contributed by atoms with E-state index in [2.05, 4.69) is 135 Å². The van der Waals surface area contributed by atoms with E-state index in [1.54, 1.807) is 0 Å². The summed E-state index contributed by atoms with van der Waals surface area (Å²) in [6, 6.07) is 39.6. The number of fused-ring (bicyclic) bond motifs is 16. The molecule has 0 fully saturated rings. The highest BCUT2D eigenvalue weighted by atomic mass is 79.9. The Kier molecular flexibility index (Phi) is 4.06. The first kappa shape index (κ1) is 21.3. The molecule has 0 atom stereocenters. The zero-order valence-electron chi connectivity index (χ0n) is 20.1. The first-order chi connectivity index (χ1) is 18.7. The van der Waals surface area contributed by atoms with Crippen LogP contribution in [0.3, 0.4) is 0 Å². The van der Waals surface area contributed by atoms with Crippen LogP contribution in [0.25, 0.3) is 55.0 Å². The second kappa shape index (κ2) is 7.25. The van der Waals surface area contributed by atoms with Crippen molar-refractivity contribution >= 4 is 64.6 Å². The van der Waals surface area contributed by atoms with Crippen LogP contribution in [0, 0.1) is 0 Å². The molecule has 9 rings (SSSR count). The minimum atomic E-state index is -0.444. The van der Waals surface area contributed by atoms with Crippen LogP contribution in [-0.2, 0) is 5.41 Å². The summed E-state index contributed by atoms with van der Waals surface area (Å²) in [4.78, 5) is 0. The Bertz CT molecular complexity index is 2120. The molecule has 178 valence electrons. The largest absolute Gasteiger partial charge is 0.455 e. The van der Waals surface area contributed by atoms with Gasteiger partial charge in [-0.1, -0.05) is 123 Å². The average Bonchev–Trinajstić information content (AvgIpc) is 3.58. The molecular formula is C35H18Br2O. The maximum absolute atomic E-state index is 6.75. The molecule has 0 aliphatic heterocycles. The number of benzene rings is 6. The highest BCUT2D eigenvalue weighted by Crippen LogP contribution is 2.66. The van der Waals surface area contributed by atoms with E-state index in [4.69, 9.17) is 4.42 Å². The van der Waals surface area contributed by atoms with Crippen molar-refractivity contribution in [2.24, 2.45) is 0 Å². The predicted octanol–water partition coefficient (Wildman–Crippen LogP) is 10.6. The molecule has 3 heteroatoms. The normalized spacial score (nSPS) is 14.3. The van der Waals surface area contributed by atoms with Crippen molar-refractivity contribution in [3.63, 3.8) is 0 Å². The summed E-state index contributed by atoms with van der Waals surface area (Å²) < 4.78 is 8.92. The molecule has 2 aliphatic rings. The molecule has 6 aromatic carbocycles. The van der Waals surface area contributed by atoms with Crippen LogP contribution in [0.1, 0.15) is 22.3 Å². The van der Waals surface area contributed by atoms with E-state index >= 15 is 0 Å². The van der Waals surface area contributed by atoms with Gasteiger partial charge in [-0.05, 0) is 67.9 Å². The Hall–Kier alpha value is -3.66. The van der Waals surface area contributed by atoms with Gasteiger partial charge in [-0.15, -0.1) is 0 Å². The Morgan fingerprint density at radius 1 is 0.500 bits per heavy atom. The lowest BCUT2D eigenvalue weighted by Crippen LogP contribution is -2.26. The van der Waals surface area contributed by atoms with Gasteiger partial charge in [-0.2, -0.15) is 0 Å². The van der Waals surface area contributed by atoms with Crippen LogP contribution in [0.15, 0.2) is 123 Å². The molecular weight excluding hydrogens is 596 g/mol. The zero-order valence-corrected chi connectivity index (χ0v) is 23.2. The van der Waals surface area contributed by atoms with Crippen LogP contribution in [0.4, 0.5) is 0 Å². The summed E-state index contributed by atoms with van der Waals surface area (Å²) in [7, 11) is 0. The molecule has 0 unspecified atom stereocenters. The highest BCUT2D eigenvalue weighted by Gasteiger charge is 2.53. The van der Waals surface area contributed by atoms with Crippen molar-refractivity contribution in [2.45, 2.75) is 5.41 Å². The van der Waals surface area contributed by atoms with Crippen LogP contribution in [0.2, 0.25) is 0 Å². The zero-order chi connectivity index (χ0) is 25.2. The van der Waals surface area contributed by atoms with E-state index in [1.807, 2.05) is 6.07 Å². The van der Waals surface area contributed by atoms with Crippen LogP contribution < -0.4 is 0 Å². The monoisotopic (exact) mass is 612 g/mol. The van der Waals surface area contributed by atoms with Gasteiger partial charge in [-0.3, -0.25) is 0 Å². The van der Waals surface area contributed by atoms with Crippen molar-refractivity contribution < 1.29 is 4.42 Å². The molecule has 2 aliphatic carbocycles. The van der Waals surface area contributed by atoms with Gasteiger partial charge in [0.25, 0.3) is 0 Å². The maximum Gasteiger partial charge on any atom is 0.144 e. The van der Waals surface area contributed by atoms with Gasteiger partial charge < -0.3 is 4.42 Å². The molecule has 38 heavy (non-hydrogen) atoms. The van der Waals surface area contributed by atoms with Gasteiger partial charge in [0, 0.05) is 25.3 Å². The minimum absolute atomic E-state index is 0.444. The van der Waals surface area contributed by atoms with Crippen LogP contribution in [0.5, 0.6) is 0 Å². The molecule has 7 aromatic rings. The first-order valence-electron chi connectivity index (χ1n) is 12.8. The van der Waals surface area contributed by atoms with Gasteiger partial charge in [0.15, 0.2) is 0 Å². The lowest BCUT2D eigenvalue weighted by Gasteiger charge is -2.30. The number of halogens is 2. The Labute approximate surface area is 236 Å². The molecule has 0 saturated heterocycles. The summed E-state index contributed by atoms with van der Waals surface area (Å²) >= 11 is 7.97. The third-order valence-electron chi connectivity index (χ3n) is 8.61. The Balaban J connectivity index is 1.60. The third-order valence-corrected chi connectivity index (χ3v) is 9.89. The number of hydrogen-bond donors (Lipinski definition) is 0. The first-order valence-corrected chi connectivity index (χ1v) is 14.3. The second-order valence-corrected chi connectivity index (χ2v) is 12.0. The van der Waals surface area contributed by atoms with E-state index in [0.29, 0.717) is 0 Å². The highest BCUT2D eigenvalue weighted by molar-refractivity contribution is 9.11. The molecule has 1 aromatic heterocycles. The van der Waals surface area contributed by atoms with E-state index in [9.17, 15) is 0 Å². The number of furan rings is 1. The van der Waals surface area contributed by atoms with Gasteiger partial charge >= 0.3 is 0 Å². The van der Waals surface area contributed by atoms with Crippen LogP contribution >= 0.6 is 31.9 Å². The third kappa shape index (κ3) is 2.35. The molecule has 0 saturated carbocycles. The molecule has 0 radical (unpaired) electrons. The van der Waals surface area contributed by atoms with Gasteiger partial charge in [-0.25, -0.2) is 0 Å². The Morgan fingerprint density at radius 3 is 1.79 bits per heavy atom. The number of para-hydroxylation sites is 1. The summed E-state index contributed by atoms with van der Waals surface area (Å²) in [5, 5.41) is 4.71. The minimum Gasteiger partial charge on any atom is -0.455 e. The summed E-state index contributed by atoms with van der Waals surface area (Å²) in [5.74, 6) is 0. The standard InChI is InChI=1S/C35H18Br2O/c36-28-17-26-31(22-12-2-1-11-21(22)28)33-27(18-29(37)32-23-13-5-8-16-30(23)38-34(32)33)35(26)24-14-6-3-9-19(24)20-10-4-7-15-25(20)35/h1-18H. The van der Waals surface area contributed by atoms with Crippen molar-refractivity contribution in [3.8, 4) is 22.3 Å². The molecule has 0 N–H and O–H groups in total. The lowest BCUT2D eigenvalue weighted by molar-refractivity contribution is 0.669. The van der Waals surface area contributed by atoms with Gasteiger partial charge in [0.1, 0.15) is 11.2 Å². The van der Waals surface area contributed by atoms with Crippen LogP contribution in [-0.4, -0.2) is 0 Å². The van der Waals surface area contributed by atoms with E-state index in [-0.39, 0.29) is 0 Å². The summed E-state index contributed by atoms with van der Waals surface area (Å²) in [6.07, 6.45) is 0. The SMILES string of the molecule is Brc1cc2c(c3ccccc13)-c1c(cc(Br)c3c1oc1ccccc13)C21c2ccccc2-c2ccccc21. The quantitative estimate of drug-likeness (QED) is 0.166. The molecule has 1 heterocycles. The molecule has 0 bridgehead atoms. The topological polar surface area (TPSA) is 13.1 Å². The predicted molar refractivity (Wildman–Crippen MR) is 163 cm³/mol. The smallest absolute Gasteiger partial charge is 0.144 e. The number of hydrogen-bond acceptors (Lipinski definition) is 1. The van der Waals surface area contributed by atoms with Gasteiger partial charge in [0.2, 0.25) is 0 Å². The van der Waals surface area contributed by atoms with Gasteiger partial charge in [0.05, 0.1) is 5.41 Å². The van der Waals surface area contributed by atoms with Crippen molar-refractivity contribution in [1.82, 2.24) is 0 Å². The number of rotatable bonds is 0. The van der Waals surface area contributed by atoms with Crippen molar-refractivity contribution in [3.05, 3.63) is 140 Å². The molecule has 1 spiro atoms. The summed E-state index contributed by atoms with van der Waals surface area (Å²) in [6.45, 7) is 0. The van der Waals surface area contributed by atoms with E-state index in [1.165, 1.54) is 55.3 Å². The summed E-state index contributed by atoms with van der Waals surface area (Å²) in [5.41, 5.74) is 11.7. The molecule has 1 nitrogen and oxygen atoms in total. The molecule has 0 amide bonds. The average molecular weight is 614 g/mol.